The summed E-state index contributed by atoms with van der Waals surface area (Å²) in [6.45, 7) is 0. The number of hydrogen-bond acceptors (Lipinski definition) is 9. The van der Waals surface area contributed by atoms with Crippen LogP contribution in [0.15, 0.2) is 489 Å². The Labute approximate surface area is 799 Å². The quantitative estimate of drug-likeness (QED) is 0.127. The summed E-state index contributed by atoms with van der Waals surface area (Å²) in [6.07, 6.45) is 7.41. The second-order valence-electron chi connectivity index (χ2n) is 34.6. The van der Waals surface area contributed by atoms with Gasteiger partial charge in [0.1, 0.15) is 22.8 Å². The monoisotopic (exact) mass is 1800 g/mol. The summed E-state index contributed by atoms with van der Waals surface area (Å²) in [6, 6.07) is 160. The molecule has 0 bridgehead atoms. The summed E-state index contributed by atoms with van der Waals surface area (Å²) in [5, 5.41) is 19.1. The Hall–Kier alpha value is -18.0. The van der Waals surface area contributed by atoms with Gasteiger partial charge in [0, 0.05) is 113 Å². The van der Waals surface area contributed by atoms with Gasteiger partial charge < -0.3 is 13.4 Å². The Balaban J connectivity index is 0.0000000963. The minimum atomic E-state index is 0.672. The molecule has 138 heavy (non-hydrogen) atoms. The molecule has 0 N–H and O–H groups in total. The number of benzene rings is 17. The van der Waals surface area contributed by atoms with Gasteiger partial charge in [-0.25, -0.2) is 19.9 Å². The highest BCUT2D eigenvalue weighted by Gasteiger charge is 2.25. The molecule has 17 aromatic carbocycles. The third-order valence-corrected chi connectivity index (χ3v) is 28.8. The fourth-order valence-corrected chi connectivity index (χ4v) is 22.4. The number of nitrogens with zero attached hydrogens (tertiary/aromatic N) is 9. The molecule has 0 aliphatic heterocycles. The lowest BCUT2D eigenvalue weighted by Crippen LogP contribution is -2.03. The molecule has 12 aromatic heterocycles. The molecule has 13 heteroatoms. The van der Waals surface area contributed by atoms with Crippen LogP contribution in [-0.4, -0.2) is 43.2 Å². The lowest BCUT2D eigenvalue weighted by molar-refractivity contribution is 0.619. The summed E-state index contributed by atoms with van der Waals surface area (Å²) < 4.78 is 23.4. The molecule has 0 unspecified atom stereocenters. The molecule has 0 saturated heterocycles. The zero-order valence-corrected chi connectivity index (χ0v) is 75.9. The van der Waals surface area contributed by atoms with Gasteiger partial charge in [-0.15, -0.1) is 22.7 Å². The average Bonchev–Trinajstić information content (AvgIpc) is 1.62. The van der Waals surface area contributed by atoms with E-state index in [2.05, 4.69) is 431 Å². The van der Waals surface area contributed by atoms with E-state index in [0.717, 1.165) is 150 Å². The topological polar surface area (TPSA) is 110 Å². The van der Waals surface area contributed by atoms with Gasteiger partial charge in [0.15, 0.2) is 0 Å². The zero-order valence-electron chi connectivity index (χ0n) is 74.3. The van der Waals surface area contributed by atoms with Gasteiger partial charge in [-0.05, 0) is 171 Å². The second-order valence-corrected chi connectivity index (χ2v) is 36.7. The van der Waals surface area contributed by atoms with E-state index < -0.39 is 0 Å². The van der Waals surface area contributed by atoms with Crippen LogP contribution in [0.5, 0.6) is 0 Å². The molecule has 0 amide bonds. The first-order chi connectivity index (χ1) is 68.4. The van der Waals surface area contributed by atoms with E-state index in [-0.39, 0.29) is 0 Å². The Morgan fingerprint density at radius 2 is 0.580 bits per heavy atom. The highest BCUT2D eigenvalue weighted by Crippen LogP contribution is 2.48. The van der Waals surface area contributed by atoms with Gasteiger partial charge in [-0.1, -0.05) is 328 Å². The molecule has 12 heterocycles. The average molecular weight is 1800 g/mol. The van der Waals surface area contributed by atoms with Crippen molar-refractivity contribution in [2.75, 3.05) is 0 Å². The number of furan rings is 2. The van der Waals surface area contributed by atoms with Crippen molar-refractivity contribution in [1.29, 1.82) is 0 Å². The summed E-state index contributed by atoms with van der Waals surface area (Å²) in [7, 11) is 0. The van der Waals surface area contributed by atoms with E-state index in [4.69, 9.17) is 33.8 Å². The SMILES string of the molecule is c1cc(-c2cc3ccccc3cn2)cc(-n2c3ccccc3c3c4occc4ccc32)c1.c1ccc(-c2cc(-c3ccccc3)nc(-n3c4ccccc4c4c5sc(-c6ccccc6)cc5ccc43)c2)cc1.c1ccc(-c2cc(-c3ccccc3)nc(-n3c4ccccc4c4c5sc(-c6ccccc6)cc5ccc43)n2)cc1.c1ccc2cc(-n3c4ccccc4c4c5occc5ccc43)ncc2c1. The summed E-state index contributed by atoms with van der Waals surface area (Å²) >= 11 is 3.72. The standard InChI is InChI=1S/C37H24N2S.C36H23N3S.C29H18N2O.C23H14N2O/c1-4-12-25(13-5-1)29-22-31(26-14-6-2-7-15-26)38-35(24-29)39-32-19-11-10-18-30(32)36-33(39)21-20-28-23-34(40-37(28)36)27-16-8-3-9-17-27;1-4-12-24(13-5-1)29-23-30(25-14-6-2-7-15-25)38-36(37-29)39-31-19-11-10-18-28(31)34-32(39)21-20-27-22-33(40-35(27)34)26-16-8-3-9-17-26;1-2-7-22-18-30-25(17-20(22)6-1)21-8-5-9-23(16-21)31-26-11-4-3-10-24(26)28-27(31)13-12-19-14-15-32-29(19)28;1-2-6-17-14-24-21(13-16(17)5-1)25-19-8-4-3-7-18(19)22-20(25)10-9-15-11-12-26-23(15)22/h1-24H;1-23H;1-18H;1-14H. The Bertz CT molecular complexity index is 9310. The fourth-order valence-electron chi connectivity index (χ4n) is 20.0. The third-order valence-electron chi connectivity index (χ3n) is 26.4. The molecule has 0 fully saturated rings. The molecular weight excluding hydrogens is 1720 g/mol. The molecular formula is C125H79N9O2S2. The Morgan fingerprint density at radius 3 is 1.09 bits per heavy atom. The van der Waals surface area contributed by atoms with Gasteiger partial charge in [-0.3, -0.25) is 18.7 Å². The van der Waals surface area contributed by atoms with Crippen LogP contribution < -0.4 is 0 Å². The van der Waals surface area contributed by atoms with Crippen LogP contribution in [0.3, 0.4) is 0 Å². The number of para-hydroxylation sites is 4. The van der Waals surface area contributed by atoms with E-state index in [0.29, 0.717) is 5.95 Å². The molecule has 0 spiro atoms. The fraction of sp³-hybridized carbons (Fsp3) is 0. The Morgan fingerprint density at radius 1 is 0.203 bits per heavy atom. The van der Waals surface area contributed by atoms with Crippen molar-refractivity contribution in [1.82, 2.24) is 43.2 Å². The minimum absolute atomic E-state index is 0.672. The number of aromatic nitrogens is 9. The number of fused-ring (bicyclic) bond motifs is 22. The first-order valence-electron chi connectivity index (χ1n) is 46.2. The smallest absolute Gasteiger partial charge is 0.235 e. The lowest BCUT2D eigenvalue weighted by Gasteiger charge is -2.13. The zero-order chi connectivity index (χ0) is 91.1. The molecule has 648 valence electrons. The van der Waals surface area contributed by atoms with E-state index in [1.54, 1.807) is 12.5 Å². The van der Waals surface area contributed by atoms with Crippen LogP contribution in [0.25, 0.3) is 251 Å². The molecule has 0 atom stereocenters. The largest absolute Gasteiger partial charge is 0.464 e. The summed E-state index contributed by atoms with van der Waals surface area (Å²) in [4.78, 5) is 27.6. The normalized spacial score (nSPS) is 11.6. The van der Waals surface area contributed by atoms with Crippen molar-refractivity contribution < 1.29 is 8.83 Å². The maximum Gasteiger partial charge on any atom is 0.235 e. The number of rotatable bonds is 11. The predicted octanol–water partition coefficient (Wildman–Crippen LogP) is 34.0. The van der Waals surface area contributed by atoms with Crippen molar-refractivity contribution in [3.8, 4) is 100 Å². The van der Waals surface area contributed by atoms with Gasteiger partial charge >= 0.3 is 0 Å². The maximum atomic E-state index is 5.90. The molecule has 29 aromatic rings. The second kappa shape index (κ2) is 34.2. The van der Waals surface area contributed by atoms with E-state index in [1.165, 1.54) is 95.2 Å². The summed E-state index contributed by atoms with van der Waals surface area (Å²) in [5.74, 6) is 2.51. The van der Waals surface area contributed by atoms with Crippen LogP contribution in [0, 0.1) is 0 Å². The highest BCUT2D eigenvalue weighted by molar-refractivity contribution is 7.23. The molecule has 0 radical (unpaired) electrons. The van der Waals surface area contributed by atoms with Crippen molar-refractivity contribution in [3.05, 3.63) is 480 Å². The Kier molecular flexibility index (Phi) is 20.0. The van der Waals surface area contributed by atoms with Crippen LogP contribution >= 0.6 is 22.7 Å². The van der Waals surface area contributed by atoms with E-state index >= 15 is 0 Å². The van der Waals surface area contributed by atoms with Gasteiger partial charge in [0.2, 0.25) is 5.95 Å². The van der Waals surface area contributed by atoms with Crippen molar-refractivity contribution in [2.45, 2.75) is 0 Å². The van der Waals surface area contributed by atoms with Crippen molar-refractivity contribution >= 4 is 174 Å². The first kappa shape index (κ1) is 80.8. The van der Waals surface area contributed by atoms with E-state index in [9.17, 15) is 0 Å². The van der Waals surface area contributed by atoms with Crippen LogP contribution in [-0.2, 0) is 0 Å². The summed E-state index contributed by atoms with van der Waals surface area (Å²) in [5.41, 5.74) is 25.0. The van der Waals surface area contributed by atoms with Crippen LogP contribution in [0.2, 0.25) is 0 Å². The van der Waals surface area contributed by atoms with Gasteiger partial charge in [-0.2, -0.15) is 0 Å². The number of hydrogen-bond donors (Lipinski definition) is 0. The lowest BCUT2D eigenvalue weighted by atomic mass is 10.0. The molecule has 29 rings (SSSR count). The third kappa shape index (κ3) is 14.3. The van der Waals surface area contributed by atoms with Gasteiger partial charge in [0.05, 0.1) is 90.2 Å². The van der Waals surface area contributed by atoms with Crippen LogP contribution in [0.4, 0.5) is 0 Å². The molecule has 11 nitrogen and oxygen atoms in total. The molecule has 0 saturated carbocycles. The van der Waals surface area contributed by atoms with E-state index in [1.807, 2.05) is 77.5 Å². The minimum Gasteiger partial charge on any atom is -0.464 e. The van der Waals surface area contributed by atoms with Gasteiger partial charge in [0.25, 0.3) is 0 Å². The number of thiophene rings is 2. The van der Waals surface area contributed by atoms with Crippen LogP contribution in [0.1, 0.15) is 0 Å². The van der Waals surface area contributed by atoms with Crippen molar-refractivity contribution in [3.63, 3.8) is 0 Å². The molecule has 0 aliphatic rings. The number of pyridine rings is 3. The molecule has 0 aliphatic carbocycles. The highest BCUT2D eigenvalue weighted by atomic mass is 32.1. The first-order valence-corrected chi connectivity index (χ1v) is 47.8. The maximum absolute atomic E-state index is 5.90. The van der Waals surface area contributed by atoms with Crippen molar-refractivity contribution in [2.24, 2.45) is 0 Å². The predicted molar refractivity (Wildman–Crippen MR) is 575 cm³/mol.